The Morgan fingerprint density at radius 2 is 2.05 bits per heavy atom. The first-order valence-corrected chi connectivity index (χ1v) is 7.03. The highest BCUT2D eigenvalue weighted by molar-refractivity contribution is 6.31. The van der Waals surface area contributed by atoms with Crippen LogP contribution in [-0.2, 0) is 6.54 Å². The fourth-order valence-corrected chi connectivity index (χ4v) is 2.10. The second kappa shape index (κ2) is 6.99. The summed E-state index contributed by atoms with van der Waals surface area (Å²) >= 11 is 6.05. The first-order valence-electron chi connectivity index (χ1n) is 6.65. The number of hydrogen-bond acceptors (Lipinski definition) is 3. The van der Waals surface area contributed by atoms with Crippen LogP contribution >= 0.6 is 11.6 Å². The van der Waals surface area contributed by atoms with Gasteiger partial charge in [0.15, 0.2) is 0 Å². The van der Waals surface area contributed by atoms with E-state index in [1.54, 1.807) is 24.3 Å². The molecule has 0 aliphatic carbocycles. The summed E-state index contributed by atoms with van der Waals surface area (Å²) in [5.74, 6) is 0.379. The topological polar surface area (TPSA) is 64.3 Å². The molecule has 0 aromatic heterocycles. The Morgan fingerprint density at radius 3 is 2.71 bits per heavy atom. The van der Waals surface area contributed by atoms with Crippen molar-refractivity contribution in [3.8, 4) is 5.75 Å². The van der Waals surface area contributed by atoms with Gasteiger partial charge < -0.3 is 15.8 Å². The molecule has 110 valence electrons. The van der Waals surface area contributed by atoms with Crippen LogP contribution in [0.1, 0.15) is 22.8 Å². The molecule has 4 nitrogen and oxygen atoms in total. The van der Waals surface area contributed by atoms with E-state index in [9.17, 15) is 4.79 Å². The number of benzene rings is 2. The van der Waals surface area contributed by atoms with Gasteiger partial charge in [0.25, 0.3) is 5.91 Å². The number of halogens is 1. The number of hydrogen-bond donors (Lipinski definition) is 2. The van der Waals surface area contributed by atoms with Gasteiger partial charge in [-0.25, -0.2) is 0 Å². The zero-order chi connectivity index (χ0) is 15.2. The Kier molecular flexibility index (Phi) is 5.06. The molecule has 5 heteroatoms. The van der Waals surface area contributed by atoms with E-state index in [4.69, 9.17) is 22.1 Å². The van der Waals surface area contributed by atoms with E-state index in [0.717, 1.165) is 5.56 Å². The van der Waals surface area contributed by atoms with Gasteiger partial charge in [-0.1, -0.05) is 29.8 Å². The molecule has 0 fully saturated rings. The predicted octanol–water partition coefficient (Wildman–Crippen LogP) is 3.25. The van der Waals surface area contributed by atoms with E-state index in [-0.39, 0.29) is 5.91 Å². The van der Waals surface area contributed by atoms with Crippen LogP contribution in [0.5, 0.6) is 5.75 Å². The van der Waals surface area contributed by atoms with E-state index < -0.39 is 0 Å². The van der Waals surface area contributed by atoms with Gasteiger partial charge in [-0.2, -0.15) is 0 Å². The summed E-state index contributed by atoms with van der Waals surface area (Å²) in [7, 11) is 0. The van der Waals surface area contributed by atoms with E-state index in [0.29, 0.717) is 35.2 Å². The summed E-state index contributed by atoms with van der Waals surface area (Å²) < 4.78 is 5.34. The molecule has 3 N–H and O–H groups in total. The third-order valence-corrected chi connectivity index (χ3v) is 3.34. The summed E-state index contributed by atoms with van der Waals surface area (Å²) in [5.41, 5.74) is 7.65. The smallest absolute Gasteiger partial charge is 0.251 e. The van der Waals surface area contributed by atoms with Gasteiger partial charge in [-0.05, 0) is 36.8 Å². The minimum Gasteiger partial charge on any atom is -0.492 e. The lowest BCUT2D eigenvalue weighted by Crippen LogP contribution is -2.23. The molecule has 0 saturated carbocycles. The Balaban J connectivity index is 2.04. The minimum atomic E-state index is -0.204. The fraction of sp³-hybridized carbons (Fsp3) is 0.188. The molecule has 2 aromatic rings. The largest absolute Gasteiger partial charge is 0.492 e. The molecule has 0 aliphatic heterocycles. The maximum atomic E-state index is 12.1. The van der Waals surface area contributed by atoms with Crippen LogP contribution in [0.3, 0.4) is 0 Å². The number of nitrogens with one attached hydrogen (secondary N) is 1. The van der Waals surface area contributed by atoms with Gasteiger partial charge in [0, 0.05) is 17.1 Å². The van der Waals surface area contributed by atoms with Crippen molar-refractivity contribution in [1.29, 1.82) is 0 Å². The maximum absolute atomic E-state index is 12.1. The van der Waals surface area contributed by atoms with Gasteiger partial charge in [0.1, 0.15) is 5.75 Å². The van der Waals surface area contributed by atoms with Crippen LogP contribution in [0, 0.1) is 0 Å². The van der Waals surface area contributed by atoms with Crippen molar-refractivity contribution >= 4 is 23.2 Å². The molecule has 2 aromatic carbocycles. The van der Waals surface area contributed by atoms with E-state index >= 15 is 0 Å². The van der Waals surface area contributed by atoms with Crippen LogP contribution in [0.4, 0.5) is 5.69 Å². The highest BCUT2D eigenvalue weighted by Crippen LogP contribution is 2.22. The van der Waals surface area contributed by atoms with Crippen molar-refractivity contribution in [2.75, 3.05) is 12.3 Å². The zero-order valence-electron chi connectivity index (χ0n) is 11.7. The number of rotatable bonds is 5. The van der Waals surface area contributed by atoms with Crippen molar-refractivity contribution in [2.45, 2.75) is 13.5 Å². The number of carbonyl (C=O) groups excluding carboxylic acids is 1. The number of ether oxygens (including phenoxy) is 1. The zero-order valence-corrected chi connectivity index (χ0v) is 12.5. The predicted molar refractivity (Wildman–Crippen MR) is 84.6 cm³/mol. The lowest BCUT2D eigenvalue weighted by atomic mass is 10.1. The Morgan fingerprint density at radius 1 is 1.29 bits per heavy atom. The lowest BCUT2D eigenvalue weighted by Gasteiger charge is -2.10. The number of amides is 1. The fourth-order valence-electron chi connectivity index (χ4n) is 1.90. The molecular weight excluding hydrogens is 288 g/mol. The molecule has 0 heterocycles. The summed E-state index contributed by atoms with van der Waals surface area (Å²) in [6, 6.07) is 12.4. The van der Waals surface area contributed by atoms with Crippen LogP contribution < -0.4 is 15.8 Å². The first-order chi connectivity index (χ1) is 10.1. The molecule has 0 radical (unpaired) electrons. The van der Waals surface area contributed by atoms with Gasteiger partial charge in [0.05, 0.1) is 12.3 Å². The second-order valence-electron chi connectivity index (χ2n) is 4.46. The molecule has 0 atom stereocenters. The van der Waals surface area contributed by atoms with E-state index in [2.05, 4.69) is 5.32 Å². The van der Waals surface area contributed by atoms with Crippen molar-refractivity contribution in [3.05, 3.63) is 58.6 Å². The second-order valence-corrected chi connectivity index (χ2v) is 4.87. The van der Waals surface area contributed by atoms with Crippen LogP contribution in [-0.4, -0.2) is 12.5 Å². The van der Waals surface area contributed by atoms with Gasteiger partial charge in [-0.15, -0.1) is 0 Å². The first kappa shape index (κ1) is 15.2. The average Bonchev–Trinajstić information content (AvgIpc) is 2.48. The monoisotopic (exact) mass is 304 g/mol. The van der Waals surface area contributed by atoms with Crippen LogP contribution in [0.15, 0.2) is 42.5 Å². The Labute approximate surface area is 128 Å². The molecule has 0 saturated heterocycles. The highest BCUT2D eigenvalue weighted by Gasteiger charge is 2.09. The van der Waals surface area contributed by atoms with Crippen molar-refractivity contribution < 1.29 is 9.53 Å². The average molecular weight is 305 g/mol. The molecule has 0 aliphatic rings. The Bertz CT molecular complexity index is 644. The van der Waals surface area contributed by atoms with E-state index in [1.165, 1.54) is 0 Å². The van der Waals surface area contributed by atoms with Crippen molar-refractivity contribution in [3.63, 3.8) is 0 Å². The summed E-state index contributed by atoms with van der Waals surface area (Å²) in [5, 5.41) is 3.44. The molecule has 0 spiro atoms. The molecule has 0 unspecified atom stereocenters. The summed E-state index contributed by atoms with van der Waals surface area (Å²) in [6.45, 7) is 2.78. The van der Waals surface area contributed by atoms with Gasteiger partial charge in [-0.3, -0.25) is 4.79 Å². The summed E-state index contributed by atoms with van der Waals surface area (Å²) in [4.78, 5) is 12.1. The molecule has 1 amide bonds. The number of anilines is 1. The number of nitrogens with two attached hydrogens (primary N) is 1. The molecular formula is C16H17ClN2O2. The SMILES string of the molecule is CCOc1ccc(C(=O)NCc2ccccc2Cl)cc1N. The quantitative estimate of drug-likeness (QED) is 0.833. The lowest BCUT2D eigenvalue weighted by molar-refractivity contribution is 0.0951. The van der Waals surface area contributed by atoms with Crippen molar-refractivity contribution in [1.82, 2.24) is 5.32 Å². The van der Waals surface area contributed by atoms with Crippen LogP contribution in [0.25, 0.3) is 0 Å². The van der Waals surface area contributed by atoms with Gasteiger partial charge in [0.2, 0.25) is 0 Å². The van der Waals surface area contributed by atoms with Crippen molar-refractivity contribution in [2.24, 2.45) is 0 Å². The number of carbonyl (C=O) groups is 1. The Hall–Kier alpha value is -2.20. The number of nitrogen functional groups attached to an aromatic ring is 1. The van der Waals surface area contributed by atoms with Gasteiger partial charge >= 0.3 is 0 Å². The standard InChI is InChI=1S/C16H17ClN2O2/c1-2-21-15-8-7-11(9-14(15)18)16(20)19-10-12-5-3-4-6-13(12)17/h3-9H,2,10,18H2,1H3,(H,19,20). The summed E-state index contributed by atoms with van der Waals surface area (Å²) in [6.07, 6.45) is 0. The third kappa shape index (κ3) is 3.89. The minimum absolute atomic E-state index is 0.204. The highest BCUT2D eigenvalue weighted by atomic mass is 35.5. The molecule has 21 heavy (non-hydrogen) atoms. The normalized spacial score (nSPS) is 10.2. The van der Waals surface area contributed by atoms with Crippen LogP contribution in [0.2, 0.25) is 5.02 Å². The maximum Gasteiger partial charge on any atom is 0.251 e. The third-order valence-electron chi connectivity index (χ3n) is 2.97. The molecule has 2 rings (SSSR count). The van der Waals surface area contributed by atoms with E-state index in [1.807, 2.05) is 25.1 Å². The molecule has 0 bridgehead atoms.